The standard InChI is InChI=1S/C14H19BrN2O2/c1-2-19-14(18)17-9-7-16(8-10-17)11-12-5-3-4-6-13(12)15/h3-6H,2,7-11H2,1H3. The van der Waals surface area contributed by atoms with Gasteiger partial charge >= 0.3 is 6.09 Å². The van der Waals surface area contributed by atoms with Crippen molar-refractivity contribution in [3.63, 3.8) is 0 Å². The molecule has 5 heteroatoms. The van der Waals surface area contributed by atoms with Crippen LogP contribution in [-0.2, 0) is 11.3 Å². The molecule has 1 aromatic carbocycles. The summed E-state index contributed by atoms with van der Waals surface area (Å²) in [7, 11) is 0. The van der Waals surface area contributed by atoms with Crippen molar-refractivity contribution in [1.82, 2.24) is 9.80 Å². The molecule has 0 atom stereocenters. The van der Waals surface area contributed by atoms with Crippen molar-refractivity contribution in [3.05, 3.63) is 34.3 Å². The topological polar surface area (TPSA) is 32.8 Å². The van der Waals surface area contributed by atoms with E-state index in [0.29, 0.717) is 6.61 Å². The first-order valence-corrected chi connectivity index (χ1v) is 7.37. The third-order valence-electron chi connectivity index (χ3n) is 3.25. The molecule has 4 nitrogen and oxygen atoms in total. The first kappa shape index (κ1) is 14.3. The van der Waals surface area contributed by atoms with Gasteiger partial charge in [0.2, 0.25) is 0 Å². The molecule has 1 aromatic rings. The molecule has 1 aliphatic heterocycles. The Kier molecular flexibility index (Phi) is 5.22. The molecule has 0 radical (unpaired) electrons. The van der Waals surface area contributed by atoms with Crippen LogP contribution in [0.15, 0.2) is 28.7 Å². The molecule has 0 aromatic heterocycles. The van der Waals surface area contributed by atoms with E-state index in [2.05, 4.69) is 39.0 Å². The summed E-state index contributed by atoms with van der Waals surface area (Å²) in [5, 5.41) is 0. The second kappa shape index (κ2) is 6.91. The summed E-state index contributed by atoms with van der Waals surface area (Å²) in [6.07, 6.45) is -0.192. The van der Waals surface area contributed by atoms with E-state index in [-0.39, 0.29) is 6.09 Å². The molecule has 1 amide bonds. The molecule has 1 heterocycles. The molecule has 19 heavy (non-hydrogen) atoms. The Morgan fingerprint density at radius 3 is 2.58 bits per heavy atom. The number of benzene rings is 1. The highest BCUT2D eigenvalue weighted by atomic mass is 79.9. The second-order valence-corrected chi connectivity index (χ2v) is 5.41. The summed E-state index contributed by atoms with van der Waals surface area (Å²) in [4.78, 5) is 15.7. The minimum Gasteiger partial charge on any atom is -0.450 e. The van der Waals surface area contributed by atoms with Crippen molar-refractivity contribution < 1.29 is 9.53 Å². The van der Waals surface area contributed by atoms with Crippen LogP contribution in [0.1, 0.15) is 12.5 Å². The molecule has 2 rings (SSSR count). The summed E-state index contributed by atoms with van der Waals surface area (Å²) >= 11 is 3.57. The van der Waals surface area contributed by atoms with E-state index in [4.69, 9.17) is 4.74 Å². The predicted molar refractivity (Wildman–Crippen MR) is 78.0 cm³/mol. The number of piperazine rings is 1. The fourth-order valence-corrected chi connectivity index (χ4v) is 2.58. The van der Waals surface area contributed by atoms with Crippen LogP contribution >= 0.6 is 15.9 Å². The van der Waals surface area contributed by atoms with E-state index < -0.39 is 0 Å². The lowest BCUT2D eigenvalue weighted by Gasteiger charge is -2.34. The van der Waals surface area contributed by atoms with E-state index in [0.717, 1.165) is 37.2 Å². The fraction of sp³-hybridized carbons (Fsp3) is 0.500. The SMILES string of the molecule is CCOC(=O)N1CCN(Cc2ccccc2Br)CC1. The molecule has 0 aliphatic carbocycles. The molecule has 104 valence electrons. The Bertz CT molecular complexity index is 431. The van der Waals surface area contributed by atoms with Crippen molar-refractivity contribution in [2.24, 2.45) is 0 Å². The lowest BCUT2D eigenvalue weighted by molar-refractivity contribution is 0.0778. The molecule has 0 saturated carbocycles. The van der Waals surface area contributed by atoms with Crippen LogP contribution in [0.4, 0.5) is 4.79 Å². The zero-order valence-electron chi connectivity index (χ0n) is 11.1. The van der Waals surface area contributed by atoms with Gasteiger partial charge in [-0.05, 0) is 18.6 Å². The van der Waals surface area contributed by atoms with Gasteiger partial charge in [-0.1, -0.05) is 34.1 Å². The number of carbonyl (C=O) groups excluding carboxylic acids is 1. The molecule has 0 bridgehead atoms. The fourth-order valence-electron chi connectivity index (χ4n) is 2.17. The molecule has 0 unspecified atom stereocenters. The Labute approximate surface area is 122 Å². The summed E-state index contributed by atoms with van der Waals surface area (Å²) in [5.74, 6) is 0. The van der Waals surface area contributed by atoms with E-state index in [1.807, 2.05) is 13.0 Å². The van der Waals surface area contributed by atoms with Gasteiger partial charge in [0.05, 0.1) is 6.61 Å². The number of nitrogens with zero attached hydrogens (tertiary/aromatic N) is 2. The highest BCUT2D eigenvalue weighted by Crippen LogP contribution is 2.18. The quantitative estimate of drug-likeness (QED) is 0.856. The van der Waals surface area contributed by atoms with Crippen molar-refractivity contribution in [1.29, 1.82) is 0 Å². The highest BCUT2D eigenvalue weighted by molar-refractivity contribution is 9.10. The van der Waals surface area contributed by atoms with Crippen molar-refractivity contribution >= 4 is 22.0 Å². The average molecular weight is 327 g/mol. The van der Waals surface area contributed by atoms with Crippen molar-refractivity contribution in [2.75, 3.05) is 32.8 Å². The number of hydrogen-bond acceptors (Lipinski definition) is 3. The monoisotopic (exact) mass is 326 g/mol. The van der Waals surface area contributed by atoms with Gasteiger partial charge in [0.1, 0.15) is 0 Å². The average Bonchev–Trinajstić information content (AvgIpc) is 2.42. The van der Waals surface area contributed by atoms with Crippen LogP contribution in [0.2, 0.25) is 0 Å². The third kappa shape index (κ3) is 3.94. The number of amides is 1. The zero-order valence-corrected chi connectivity index (χ0v) is 12.7. The van der Waals surface area contributed by atoms with Gasteiger partial charge in [-0.15, -0.1) is 0 Å². The van der Waals surface area contributed by atoms with Gasteiger partial charge in [0.25, 0.3) is 0 Å². The molecular weight excluding hydrogens is 308 g/mol. The van der Waals surface area contributed by atoms with E-state index in [1.54, 1.807) is 4.90 Å². The van der Waals surface area contributed by atoms with Gasteiger partial charge in [0.15, 0.2) is 0 Å². The van der Waals surface area contributed by atoms with E-state index in [9.17, 15) is 4.79 Å². The summed E-state index contributed by atoms with van der Waals surface area (Å²) in [6, 6.07) is 8.26. The second-order valence-electron chi connectivity index (χ2n) is 4.55. The molecule has 1 aliphatic rings. The van der Waals surface area contributed by atoms with Gasteiger partial charge in [0, 0.05) is 37.2 Å². The summed E-state index contributed by atoms with van der Waals surface area (Å²) < 4.78 is 6.16. The molecular formula is C14H19BrN2O2. The van der Waals surface area contributed by atoms with Crippen LogP contribution in [0.3, 0.4) is 0 Å². The normalized spacial score (nSPS) is 16.4. The Balaban J connectivity index is 1.84. The largest absolute Gasteiger partial charge is 0.450 e. The first-order valence-electron chi connectivity index (χ1n) is 6.58. The highest BCUT2D eigenvalue weighted by Gasteiger charge is 2.21. The molecule has 0 N–H and O–H groups in total. The van der Waals surface area contributed by atoms with Gasteiger partial charge in [-0.2, -0.15) is 0 Å². The molecule has 1 saturated heterocycles. The van der Waals surface area contributed by atoms with E-state index >= 15 is 0 Å². The third-order valence-corrected chi connectivity index (χ3v) is 4.02. The van der Waals surface area contributed by atoms with Gasteiger partial charge in [-0.3, -0.25) is 4.90 Å². The smallest absolute Gasteiger partial charge is 0.409 e. The number of halogens is 1. The van der Waals surface area contributed by atoms with Crippen molar-refractivity contribution in [3.8, 4) is 0 Å². The van der Waals surface area contributed by atoms with Crippen LogP contribution in [0.5, 0.6) is 0 Å². The van der Waals surface area contributed by atoms with Gasteiger partial charge < -0.3 is 9.64 Å². The summed E-state index contributed by atoms with van der Waals surface area (Å²) in [6.45, 7) is 6.45. The minimum absolute atomic E-state index is 0.192. The minimum atomic E-state index is -0.192. The summed E-state index contributed by atoms with van der Waals surface area (Å²) in [5.41, 5.74) is 1.28. The molecule has 0 spiro atoms. The maximum atomic E-state index is 11.6. The number of carbonyl (C=O) groups is 1. The predicted octanol–water partition coefficient (Wildman–Crippen LogP) is 2.72. The zero-order chi connectivity index (χ0) is 13.7. The lowest BCUT2D eigenvalue weighted by atomic mass is 10.2. The lowest BCUT2D eigenvalue weighted by Crippen LogP contribution is -2.48. The number of ether oxygens (including phenoxy) is 1. The Morgan fingerprint density at radius 2 is 1.95 bits per heavy atom. The maximum absolute atomic E-state index is 11.6. The Morgan fingerprint density at radius 1 is 1.26 bits per heavy atom. The van der Waals surface area contributed by atoms with Crippen LogP contribution < -0.4 is 0 Å². The van der Waals surface area contributed by atoms with Crippen molar-refractivity contribution in [2.45, 2.75) is 13.5 Å². The number of rotatable bonds is 3. The first-order chi connectivity index (χ1) is 9.20. The van der Waals surface area contributed by atoms with E-state index in [1.165, 1.54) is 5.56 Å². The maximum Gasteiger partial charge on any atom is 0.409 e. The van der Waals surface area contributed by atoms with Crippen LogP contribution in [0, 0.1) is 0 Å². The van der Waals surface area contributed by atoms with Gasteiger partial charge in [-0.25, -0.2) is 4.79 Å². The molecule has 1 fully saturated rings. The number of hydrogen-bond donors (Lipinski definition) is 0. The van der Waals surface area contributed by atoms with Crippen LogP contribution in [-0.4, -0.2) is 48.7 Å². The Hall–Kier alpha value is -1.07. The van der Waals surface area contributed by atoms with Crippen LogP contribution in [0.25, 0.3) is 0 Å².